The van der Waals surface area contributed by atoms with Gasteiger partial charge in [-0.3, -0.25) is 0 Å². The number of aryl methyl sites for hydroxylation is 1. The Kier molecular flexibility index (Phi) is 3.22. The lowest BCUT2D eigenvalue weighted by Crippen LogP contribution is -2.16. The molecule has 0 amide bonds. The topological polar surface area (TPSA) is 25.2 Å². The third kappa shape index (κ3) is 2.08. The summed E-state index contributed by atoms with van der Waals surface area (Å²) in [5.74, 6) is 0.960. The highest BCUT2D eigenvalue weighted by molar-refractivity contribution is 6.31. The molecule has 0 fully saturated rings. The highest BCUT2D eigenvalue weighted by Gasteiger charge is 2.12. The quantitative estimate of drug-likeness (QED) is 0.871. The number of hydrogen-bond acceptors (Lipinski definition) is 2. The van der Waals surface area contributed by atoms with Crippen LogP contribution in [0.4, 0.5) is 0 Å². The molecule has 1 aromatic carbocycles. The van der Waals surface area contributed by atoms with Crippen LogP contribution in [-0.2, 0) is 0 Å². The molecular weight excluding hydrogens is 222 g/mol. The van der Waals surface area contributed by atoms with Crippen molar-refractivity contribution >= 4 is 22.6 Å². The maximum atomic E-state index is 6.02. The number of hydrogen-bond donors (Lipinski definition) is 1. The lowest BCUT2D eigenvalue weighted by Gasteiger charge is -2.07. The smallest absolute Gasteiger partial charge is 0.137 e. The number of nitrogens with one attached hydrogen (secondary N) is 1. The SMILES string of the molecule is CCNC(C)c1cc2cc(Cl)cc(C)c2o1. The van der Waals surface area contributed by atoms with Gasteiger partial charge >= 0.3 is 0 Å². The highest BCUT2D eigenvalue weighted by atomic mass is 35.5. The second kappa shape index (κ2) is 4.48. The van der Waals surface area contributed by atoms with Gasteiger partial charge in [0.1, 0.15) is 11.3 Å². The fourth-order valence-electron chi connectivity index (χ4n) is 1.92. The minimum absolute atomic E-state index is 0.232. The van der Waals surface area contributed by atoms with E-state index >= 15 is 0 Å². The summed E-state index contributed by atoms with van der Waals surface area (Å²) in [6.07, 6.45) is 0. The van der Waals surface area contributed by atoms with E-state index in [9.17, 15) is 0 Å². The number of halogens is 1. The lowest BCUT2D eigenvalue weighted by molar-refractivity contribution is 0.458. The fourth-order valence-corrected chi connectivity index (χ4v) is 2.20. The molecule has 0 saturated carbocycles. The fraction of sp³-hybridized carbons (Fsp3) is 0.385. The maximum absolute atomic E-state index is 6.02. The molecule has 0 aliphatic heterocycles. The molecule has 0 saturated heterocycles. The van der Waals surface area contributed by atoms with Crippen molar-refractivity contribution in [2.75, 3.05) is 6.54 Å². The molecule has 2 rings (SSSR count). The number of fused-ring (bicyclic) bond motifs is 1. The first-order valence-corrected chi connectivity index (χ1v) is 5.92. The first kappa shape index (κ1) is 11.5. The summed E-state index contributed by atoms with van der Waals surface area (Å²) in [5.41, 5.74) is 2.02. The Labute approximate surface area is 101 Å². The van der Waals surface area contributed by atoms with Crippen molar-refractivity contribution in [3.8, 4) is 0 Å². The summed E-state index contributed by atoms with van der Waals surface area (Å²) in [5, 5.41) is 5.16. The molecule has 0 aliphatic carbocycles. The number of rotatable bonds is 3. The molecule has 3 heteroatoms. The van der Waals surface area contributed by atoms with Gasteiger partial charge in [-0.05, 0) is 44.2 Å². The van der Waals surface area contributed by atoms with Crippen LogP contribution in [-0.4, -0.2) is 6.54 Å². The first-order chi connectivity index (χ1) is 7.61. The predicted octanol–water partition coefficient (Wildman–Crippen LogP) is 4.07. The Balaban J connectivity index is 2.47. The van der Waals surface area contributed by atoms with Crippen LogP contribution in [0.2, 0.25) is 5.02 Å². The van der Waals surface area contributed by atoms with E-state index in [-0.39, 0.29) is 6.04 Å². The third-order valence-corrected chi connectivity index (χ3v) is 2.94. The Morgan fingerprint density at radius 2 is 2.12 bits per heavy atom. The first-order valence-electron chi connectivity index (χ1n) is 5.54. The van der Waals surface area contributed by atoms with Crippen molar-refractivity contribution in [3.63, 3.8) is 0 Å². The zero-order valence-electron chi connectivity index (χ0n) is 9.80. The van der Waals surface area contributed by atoms with Crippen molar-refractivity contribution in [1.29, 1.82) is 0 Å². The van der Waals surface area contributed by atoms with Crippen LogP contribution in [0.5, 0.6) is 0 Å². The Hall–Kier alpha value is -0.990. The van der Waals surface area contributed by atoms with Crippen molar-refractivity contribution in [3.05, 3.63) is 34.5 Å². The Morgan fingerprint density at radius 3 is 2.81 bits per heavy atom. The lowest BCUT2D eigenvalue weighted by atomic mass is 10.1. The van der Waals surface area contributed by atoms with E-state index in [0.717, 1.165) is 33.9 Å². The van der Waals surface area contributed by atoms with Gasteiger partial charge in [-0.25, -0.2) is 0 Å². The van der Waals surface area contributed by atoms with Gasteiger partial charge in [-0.2, -0.15) is 0 Å². The second-order valence-electron chi connectivity index (χ2n) is 4.07. The normalized spacial score (nSPS) is 13.2. The standard InChI is InChI=1S/C13H16ClNO/c1-4-15-9(3)12-7-10-6-11(14)5-8(2)13(10)16-12/h5-7,9,15H,4H2,1-3H3. The van der Waals surface area contributed by atoms with Crippen LogP contribution < -0.4 is 5.32 Å². The largest absolute Gasteiger partial charge is 0.459 e. The summed E-state index contributed by atoms with van der Waals surface area (Å²) in [7, 11) is 0. The van der Waals surface area contributed by atoms with Gasteiger partial charge in [0.25, 0.3) is 0 Å². The molecule has 1 N–H and O–H groups in total. The zero-order valence-corrected chi connectivity index (χ0v) is 10.6. The van der Waals surface area contributed by atoms with E-state index in [1.54, 1.807) is 0 Å². The van der Waals surface area contributed by atoms with Crippen molar-refractivity contribution in [1.82, 2.24) is 5.32 Å². The molecule has 0 bridgehead atoms. The van der Waals surface area contributed by atoms with Gasteiger partial charge in [0, 0.05) is 10.4 Å². The number of benzene rings is 1. The Bertz CT molecular complexity index is 504. The molecule has 0 spiro atoms. The molecule has 1 unspecified atom stereocenters. The Morgan fingerprint density at radius 1 is 1.38 bits per heavy atom. The second-order valence-corrected chi connectivity index (χ2v) is 4.51. The highest BCUT2D eigenvalue weighted by Crippen LogP contribution is 2.29. The predicted molar refractivity (Wildman–Crippen MR) is 68.1 cm³/mol. The van der Waals surface area contributed by atoms with E-state index in [1.807, 2.05) is 19.1 Å². The molecule has 0 radical (unpaired) electrons. The van der Waals surface area contributed by atoms with Crippen LogP contribution in [0.3, 0.4) is 0 Å². The van der Waals surface area contributed by atoms with Crippen molar-refractivity contribution < 1.29 is 4.42 Å². The van der Waals surface area contributed by atoms with Crippen molar-refractivity contribution in [2.24, 2.45) is 0 Å². The van der Waals surface area contributed by atoms with Crippen LogP contribution in [0.1, 0.15) is 31.2 Å². The monoisotopic (exact) mass is 237 g/mol. The van der Waals surface area contributed by atoms with Gasteiger partial charge in [-0.1, -0.05) is 18.5 Å². The zero-order chi connectivity index (χ0) is 11.7. The molecule has 2 nitrogen and oxygen atoms in total. The summed E-state index contributed by atoms with van der Waals surface area (Å²) in [4.78, 5) is 0. The molecule has 0 aliphatic rings. The molecule has 1 aromatic heterocycles. The van der Waals surface area contributed by atoms with Gasteiger partial charge in [0.05, 0.1) is 6.04 Å². The van der Waals surface area contributed by atoms with Gasteiger partial charge in [-0.15, -0.1) is 0 Å². The van der Waals surface area contributed by atoms with Crippen LogP contribution in [0, 0.1) is 6.92 Å². The van der Waals surface area contributed by atoms with E-state index in [2.05, 4.69) is 25.2 Å². The minimum Gasteiger partial charge on any atom is -0.459 e. The minimum atomic E-state index is 0.232. The van der Waals surface area contributed by atoms with Gasteiger partial charge in [0.15, 0.2) is 0 Å². The summed E-state index contributed by atoms with van der Waals surface area (Å²) < 4.78 is 5.85. The maximum Gasteiger partial charge on any atom is 0.137 e. The van der Waals surface area contributed by atoms with Gasteiger partial charge in [0.2, 0.25) is 0 Å². The molecule has 86 valence electrons. The summed E-state index contributed by atoms with van der Waals surface area (Å²) >= 11 is 6.02. The molecule has 2 aromatic rings. The van der Waals surface area contributed by atoms with Crippen molar-refractivity contribution in [2.45, 2.75) is 26.8 Å². The molecule has 16 heavy (non-hydrogen) atoms. The van der Waals surface area contributed by atoms with Gasteiger partial charge < -0.3 is 9.73 Å². The summed E-state index contributed by atoms with van der Waals surface area (Å²) in [6.45, 7) is 7.12. The van der Waals surface area contributed by atoms with E-state index < -0.39 is 0 Å². The molecular formula is C13H16ClNO. The average Bonchev–Trinajstić information content (AvgIpc) is 2.62. The third-order valence-electron chi connectivity index (χ3n) is 2.72. The van der Waals surface area contributed by atoms with E-state index in [0.29, 0.717) is 0 Å². The van der Waals surface area contributed by atoms with Crippen LogP contribution >= 0.6 is 11.6 Å². The van der Waals surface area contributed by atoms with Crippen LogP contribution in [0.15, 0.2) is 22.6 Å². The molecule has 1 atom stereocenters. The number of furan rings is 1. The average molecular weight is 238 g/mol. The molecule has 1 heterocycles. The van der Waals surface area contributed by atoms with E-state index in [1.165, 1.54) is 0 Å². The summed E-state index contributed by atoms with van der Waals surface area (Å²) in [6, 6.07) is 6.15. The van der Waals surface area contributed by atoms with Crippen LogP contribution in [0.25, 0.3) is 11.0 Å². The van der Waals surface area contributed by atoms with E-state index in [4.69, 9.17) is 16.0 Å².